The van der Waals surface area contributed by atoms with Gasteiger partial charge in [0.1, 0.15) is 24.4 Å². The van der Waals surface area contributed by atoms with E-state index in [1.165, 1.54) is 0 Å². The van der Waals surface area contributed by atoms with Crippen LogP contribution in [-0.2, 0) is 18.9 Å². The minimum Gasteiger partial charge on any atom is -0.387 e. The monoisotopic (exact) mass is 308 g/mol. The highest BCUT2D eigenvalue weighted by atomic mass is 16.8. The van der Waals surface area contributed by atoms with Crippen LogP contribution in [0.3, 0.4) is 0 Å². The highest BCUT2D eigenvalue weighted by Gasteiger charge is 2.49. The Bertz CT molecular complexity index is 491. The lowest BCUT2D eigenvalue weighted by molar-refractivity contribution is -0.360. The molecule has 2 aliphatic heterocycles. The number of hydrogen-bond acceptors (Lipinski definition) is 6. The third-order valence-corrected chi connectivity index (χ3v) is 3.78. The minimum absolute atomic E-state index is 0.222. The van der Waals surface area contributed by atoms with Crippen LogP contribution >= 0.6 is 0 Å². The molecular formula is C16H20O6. The van der Waals surface area contributed by atoms with Crippen LogP contribution in [0.1, 0.15) is 11.9 Å². The molecule has 0 amide bonds. The fourth-order valence-corrected chi connectivity index (χ4v) is 2.66. The van der Waals surface area contributed by atoms with Gasteiger partial charge in [-0.05, 0) is 0 Å². The lowest BCUT2D eigenvalue weighted by Gasteiger charge is -2.46. The Morgan fingerprint density at radius 3 is 2.68 bits per heavy atom. The Morgan fingerprint density at radius 1 is 1.18 bits per heavy atom. The molecule has 2 heterocycles. The summed E-state index contributed by atoms with van der Waals surface area (Å²) in [6.45, 7) is 4.01. The molecule has 2 saturated heterocycles. The molecule has 0 saturated carbocycles. The third-order valence-electron chi connectivity index (χ3n) is 3.78. The van der Waals surface area contributed by atoms with Gasteiger partial charge in [0.05, 0.1) is 13.2 Å². The Hall–Kier alpha value is -1.28. The molecule has 3 rings (SSSR count). The Balaban J connectivity index is 1.69. The molecular weight excluding hydrogens is 288 g/mol. The molecule has 0 radical (unpaired) electrons. The van der Waals surface area contributed by atoms with E-state index in [1.807, 2.05) is 30.3 Å². The molecule has 2 fully saturated rings. The summed E-state index contributed by atoms with van der Waals surface area (Å²) in [6.07, 6.45) is -3.41. The summed E-state index contributed by atoms with van der Waals surface area (Å²) in [5.41, 5.74) is 0.854. The number of aliphatic hydroxyl groups is 2. The van der Waals surface area contributed by atoms with Crippen LogP contribution in [-0.4, -0.2) is 54.1 Å². The summed E-state index contributed by atoms with van der Waals surface area (Å²) in [5, 5.41) is 20.4. The van der Waals surface area contributed by atoms with Gasteiger partial charge in [-0.25, -0.2) is 0 Å². The molecule has 2 aliphatic rings. The van der Waals surface area contributed by atoms with Crippen LogP contribution in [0.15, 0.2) is 43.0 Å². The first-order chi connectivity index (χ1) is 10.7. The summed E-state index contributed by atoms with van der Waals surface area (Å²) >= 11 is 0. The highest BCUT2D eigenvalue weighted by Crippen LogP contribution is 2.34. The molecule has 2 N–H and O–H groups in total. The Labute approximate surface area is 128 Å². The molecule has 0 spiro atoms. The molecule has 0 aliphatic carbocycles. The van der Waals surface area contributed by atoms with E-state index in [2.05, 4.69) is 6.58 Å². The fraction of sp³-hybridized carbons (Fsp3) is 0.500. The van der Waals surface area contributed by atoms with E-state index in [9.17, 15) is 10.2 Å². The zero-order chi connectivity index (χ0) is 15.5. The lowest BCUT2D eigenvalue weighted by Crippen LogP contribution is -2.62. The Morgan fingerprint density at radius 2 is 1.95 bits per heavy atom. The fourth-order valence-electron chi connectivity index (χ4n) is 2.66. The van der Waals surface area contributed by atoms with Crippen molar-refractivity contribution in [2.75, 3.05) is 13.2 Å². The van der Waals surface area contributed by atoms with Crippen molar-refractivity contribution in [1.29, 1.82) is 0 Å². The second-order valence-corrected chi connectivity index (χ2v) is 5.32. The van der Waals surface area contributed by atoms with Crippen molar-refractivity contribution < 1.29 is 29.2 Å². The first-order valence-corrected chi connectivity index (χ1v) is 7.27. The molecule has 22 heavy (non-hydrogen) atoms. The quantitative estimate of drug-likeness (QED) is 0.799. The van der Waals surface area contributed by atoms with Crippen LogP contribution < -0.4 is 0 Å². The van der Waals surface area contributed by atoms with Crippen LogP contribution in [0.4, 0.5) is 0 Å². The van der Waals surface area contributed by atoms with Crippen molar-refractivity contribution in [1.82, 2.24) is 0 Å². The first kappa shape index (κ1) is 15.6. The maximum absolute atomic E-state index is 10.3. The van der Waals surface area contributed by atoms with Gasteiger partial charge >= 0.3 is 0 Å². The SMILES string of the molecule is C=CCO[C@@H]1OC2COC(c3ccccc3)O[C@@H]2C(O)C1O. The summed E-state index contributed by atoms with van der Waals surface area (Å²) < 4.78 is 22.4. The van der Waals surface area contributed by atoms with E-state index >= 15 is 0 Å². The van der Waals surface area contributed by atoms with Crippen molar-refractivity contribution in [3.8, 4) is 0 Å². The third kappa shape index (κ3) is 3.08. The topological polar surface area (TPSA) is 77.4 Å². The summed E-state index contributed by atoms with van der Waals surface area (Å²) in [6, 6.07) is 9.44. The minimum atomic E-state index is -1.18. The molecule has 0 aromatic heterocycles. The molecule has 1 aromatic carbocycles. The van der Waals surface area contributed by atoms with Crippen molar-refractivity contribution in [3.63, 3.8) is 0 Å². The number of rotatable bonds is 4. The van der Waals surface area contributed by atoms with E-state index in [4.69, 9.17) is 18.9 Å². The van der Waals surface area contributed by atoms with Gasteiger partial charge in [0.15, 0.2) is 12.6 Å². The van der Waals surface area contributed by atoms with E-state index in [1.54, 1.807) is 6.08 Å². The number of aliphatic hydroxyl groups excluding tert-OH is 2. The van der Waals surface area contributed by atoms with Gasteiger partial charge in [0.2, 0.25) is 0 Å². The van der Waals surface area contributed by atoms with Crippen molar-refractivity contribution in [3.05, 3.63) is 48.6 Å². The van der Waals surface area contributed by atoms with Crippen LogP contribution in [0.5, 0.6) is 0 Å². The van der Waals surface area contributed by atoms with Gasteiger partial charge in [-0.15, -0.1) is 6.58 Å². The van der Waals surface area contributed by atoms with E-state index < -0.39 is 37.0 Å². The number of hydrogen-bond donors (Lipinski definition) is 2. The van der Waals surface area contributed by atoms with E-state index in [0.29, 0.717) is 0 Å². The van der Waals surface area contributed by atoms with Crippen LogP contribution in [0, 0.1) is 0 Å². The average molecular weight is 308 g/mol. The maximum atomic E-state index is 10.3. The van der Waals surface area contributed by atoms with Crippen LogP contribution in [0.2, 0.25) is 0 Å². The maximum Gasteiger partial charge on any atom is 0.187 e. The van der Waals surface area contributed by atoms with Crippen molar-refractivity contribution >= 4 is 0 Å². The van der Waals surface area contributed by atoms with Crippen LogP contribution in [0.25, 0.3) is 0 Å². The number of benzene rings is 1. The molecule has 6 heteroatoms. The number of ether oxygens (including phenoxy) is 4. The standard InChI is InChI=1S/C16H20O6/c1-2-8-19-16-13(18)12(17)14-11(21-16)9-20-15(22-14)10-6-4-3-5-7-10/h2-7,11-18H,1,8-9H2/t11?,12?,13?,14-,15?,16+/m0/s1. The highest BCUT2D eigenvalue weighted by molar-refractivity contribution is 5.16. The molecule has 6 atom stereocenters. The lowest BCUT2D eigenvalue weighted by atomic mass is 9.98. The first-order valence-electron chi connectivity index (χ1n) is 7.27. The predicted molar refractivity (Wildman–Crippen MR) is 76.8 cm³/mol. The van der Waals surface area contributed by atoms with E-state index in [0.717, 1.165) is 5.56 Å². The van der Waals surface area contributed by atoms with Gasteiger partial charge in [-0.2, -0.15) is 0 Å². The van der Waals surface area contributed by atoms with Gasteiger partial charge < -0.3 is 29.2 Å². The number of fused-ring (bicyclic) bond motifs is 1. The van der Waals surface area contributed by atoms with Crippen molar-refractivity contribution in [2.45, 2.75) is 37.0 Å². The normalized spacial score (nSPS) is 38.3. The summed E-state index contributed by atoms with van der Waals surface area (Å²) in [7, 11) is 0. The zero-order valence-electron chi connectivity index (χ0n) is 12.1. The van der Waals surface area contributed by atoms with Gasteiger partial charge in [-0.1, -0.05) is 36.4 Å². The van der Waals surface area contributed by atoms with Crippen molar-refractivity contribution in [2.24, 2.45) is 0 Å². The molecule has 120 valence electrons. The second-order valence-electron chi connectivity index (χ2n) is 5.32. The molecule has 1 aromatic rings. The van der Waals surface area contributed by atoms with Gasteiger partial charge in [0.25, 0.3) is 0 Å². The van der Waals surface area contributed by atoms with Gasteiger partial charge in [-0.3, -0.25) is 0 Å². The second kappa shape index (κ2) is 6.87. The molecule has 4 unspecified atom stereocenters. The predicted octanol–water partition coefficient (Wildman–Crippen LogP) is 0.750. The van der Waals surface area contributed by atoms with Gasteiger partial charge in [0, 0.05) is 5.56 Å². The molecule has 6 nitrogen and oxygen atoms in total. The van der Waals surface area contributed by atoms with E-state index in [-0.39, 0.29) is 13.2 Å². The zero-order valence-corrected chi connectivity index (χ0v) is 12.1. The smallest absolute Gasteiger partial charge is 0.187 e. The summed E-state index contributed by atoms with van der Waals surface area (Å²) in [4.78, 5) is 0. The largest absolute Gasteiger partial charge is 0.387 e. The Kier molecular flexibility index (Phi) is 4.87. The summed E-state index contributed by atoms with van der Waals surface area (Å²) in [5.74, 6) is 0. The average Bonchev–Trinajstić information content (AvgIpc) is 2.57. The molecule has 0 bridgehead atoms.